The molecule has 0 aliphatic carbocycles. The Kier molecular flexibility index (Phi) is 3.11. The lowest BCUT2D eigenvalue weighted by Gasteiger charge is -1.95. The number of para-hydroxylation sites is 1. The van der Waals surface area contributed by atoms with Gasteiger partial charge >= 0.3 is 0 Å². The summed E-state index contributed by atoms with van der Waals surface area (Å²) in [5.41, 5.74) is 7.94. The van der Waals surface area contributed by atoms with Crippen LogP contribution in [-0.2, 0) is 5.75 Å². The largest absolute Gasteiger partial charge is 0.358 e. The lowest BCUT2D eigenvalue weighted by Crippen LogP contribution is -2.01. The highest BCUT2D eigenvalue weighted by Crippen LogP contribution is 2.18. The fourth-order valence-electron chi connectivity index (χ4n) is 1.48. The summed E-state index contributed by atoms with van der Waals surface area (Å²) >= 11 is 1.87. The maximum absolute atomic E-state index is 5.44. The molecule has 0 fully saturated rings. The van der Waals surface area contributed by atoms with E-state index >= 15 is 0 Å². The van der Waals surface area contributed by atoms with Gasteiger partial charge in [-0.1, -0.05) is 18.2 Å². The molecule has 0 radical (unpaired) electrons. The lowest BCUT2D eigenvalue weighted by molar-refractivity contribution is 1.14. The second kappa shape index (κ2) is 4.53. The Morgan fingerprint density at radius 2 is 2.14 bits per heavy atom. The first-order chi connectivity index (χ1) is 6.90. The van der Waals surface area contributed by atoms with Gasteiger partial charge in [-0.05, 0) is 17.5 Å². The zero-order valence-corrected chi connectivity index (χ0v) is 8.81. The maximum Gasteiger partial charge on any atom is 0.0456 e. The topological polar surface area (TPSA) is 41.8 Å². The molecule has 74 valence electrons. The Morgan fingerprint density at radius 3 is 2.93 bits per heavy atom. The zero-order chi connectivity index (χ0) is 9.80. The summed E-state index contributed by atoms with van der Waals surface area (Å²) in [5.74, 6) is 2.04. The van der Waals surface area contributed by atoms with Gasteiger partial charge in [-0.2, -0.15) is 11.8 Å². The molecular weight excluding hydrogens is 192 g/mol. The average molecular weight is 206 g/mol. The summed E-state index contributed by atoms with van der Waals surface area (Å²) in [4.78, 5) is 3.39. The number of fused-ring (bicyclic) bond motifs is 1. The molecule has 1 heterocycles. The van der Waals surface area contributed by atoms with Crippen molar-refractivity contribution in [2.45, 2.75) is 5.75 Å². The summed E-state index contributed by atoms with van der Waals surface area (Å²) in [6.45, 7) is 0.755. The highest BCUT2D eigenvalue weighted by atomic mass is 32.2. The minimum absolute atomic E-state index is 0.755. The van der Waals surface area contributed by atoms with Crippen LogP contribution in [0.2, 0.25) is 0 Å². The Labute approximate surface area is 87.9 Å². The van der Waals surface area contributed by atoms with Crippen molar-refractivity contribution in [2.75, 3.05) is 12.3 Å². The van der Waals surface area contributed by atoms with Crippen molar-refractivity contribution < 1.29 is 0 Å². The minimum Gasteiger partial charge on any atom is -0.358 e. The third-order valence-corrected chi connectivity index (χ3v) is 3.15. The molecule has 0 spiro atoms. The van der Waals surface area contributed by atoms with Crippen LogP contribution in [0.25, 0.3) is 10.9 Å². The van der Waals surface area contributed by atoms with Crippen molar-refractivity contribution in [3.8, 4) is 0 Å². The first kappa shape index (κ1) is 9.62. The fraction of sp³-hybridized carbons (Fsp3) is 0.273. The molecule has 0 bridgehead atoms. The van der Waals surface area contributed by atoms with Crippen molar-refractivity contribution in [2.24, 2.45) is 5.73 Å². The van der Waals surface area contributed by atoms with Crippen molar-refractivity contribution in [3.63, 3.8) is 0 Å². The molecule has 1 aromatic heterocycles. The number of nitrogens with two attached hydrogens (primary N) is 1. The molecule has 0 unspecified atom stereocenters. The van der Waals surface area contributed by atoms with Crippen LogP contribution in [0.5, 0.6) is 0 Å². The summed E-state index contributed by atoms with van der Waals surface area (Å²) < 4.78 is 0. The molecule has 0 aliphatic rings. The molecule has 1 aromatic carbocycles. The maximum atomic E-state index is 5.44. The van der Waals surface area contributed by atoms with E-state index in [4.69, 9.17) is 5.73 Å². The third kappa shape index (κ3) is 2.11. The Morgan fingerprint density at radius 1 is 1.29 bits per heavy atom. The number of rotatable bonds is 4. The minimum atomic E-state index is 0.755. The Bertz CT molecular complexity index is 375. The number of hydrogen-bond acceptors (Lipinski definition) is 2. The predicted molar refractivity (Wildman–Crippen MR) is 63.5 cm³/mol. The van der Waals surface area contributed by atoms with E-state index in [1.165, 1.54) is 16.6 Å². The van der Waals surface area contributed by atoms with Crippen molar-refractivity contribution in [3.05, 3.63) is 36.0 Å². The summed E-state index contributed by atoms with van der Waals surface area (Å²) in [6.07, 6.45) is 0. The van der Waals surface area contributed by atoms with Crippen molar-refractivity contribution >= 4 is 22.7 Å². The van der Waals surface area contributed by atoms with Crippen molar-refractivity contribution in [1.82, 2.24) is 4.98 Å². The number of aromatic nitrogens is 1. The van der Waals surface area contributed by atoms with Gasteiger partial charge in [-0.25, -0.2) is 0 Å². The van der Waals surface area contributed by atoms with Gasteiger partial charge in [0.05, 0.1) is 0 Å². The van der Waals surface area contributed by atoms with Crippen LogP contribution in [0.4, 0.5) is 0 Å². The first-order valence-corrected chi connectivity index (χ1v) is 5.90. The van der Waals surface area contributed by atoms with Gasteiger partial charge in [-0.15, -0.1) is 0 Å². The molecule has 0 aliphatic heterocycles. The summed E-state index contributed by atoms with van der Waals surface area (Å²) in [6, 6.07) is 10.6. The normalized spacial score (nSPS) is 10.9. The predicted octanol–water partition coefficient (Wildman–Crippen LogP) is 2.36. The lowest BCUT2D eigenvalue weighted by atomic mass is 10.2. The molecule has 2 nitrogen and oxygen atoms in total. The Hall–Kier alpha value is -0.930. The van der Waals surface area contributed by atoms with E-state index in [-0.39, 0.29) is 0 Å². The van der Waals surface area contributed by atoms with Gasteiger partial charge in [0, 0.05) is 29.3 Å². The standard InChI is InChI=1S/C11H14N2S/c12-5-6-14-8-10-7-9-3-1-2-4-11(9)13-10/h1-4,7,13H,5-6,8,12H2. The van der Waals surface area contributed by atoms with Gasteiger partial charge in [0.25, 0.3) is 0 Å². The number of H-pyrrole nitrogens is 1. The van der Waals surface area contributed by atoms with E-state index in [9.17, 15) is 0 Å². The van der Waals surface area contributed by atoms with Gasteiger partial charge in [0.15, 0.2) is 0 Å². The molecule has 0 saturated heterocycles. The molecule has 2 aromatic rings. The Balaban J connectivity index is 2.11. The average Bonchev–Trinajstić information content (AvgIpc) is 2.60. The van der Waals surface area contributed by atoms with Gasteiger partial charge in [0.2, 0.25) is 0 Å². The summed E-state index contributed by atoms with van der Waals surface area (Å²) in [7, 11) is 0. The second-order valence-corrected chi connectivity index (χ2v) is 4.33. The van der Waals surface area contributed by atoms with E-state index in [0.29, 0.717) is 0 Å². The highest BCUT2D eigenvalue weighted by Gasteiger charge is 1.98. The van der Waals surface area contributed by atoms with E-state index in [2.05, 4.69) is 35.3 Å². The third-order valence-electron chi connectivity index (χ3n) is 2.11. The van der Waals surface area contributed by atoms with Crippen LogP contribution in [0.15, 0.2) is 30.3 Å². The van der Waals surface area contributed by atoms with Crippen molar-refractivity contribution in [1.29, 1.82) is 0 Å². The molecule has 0 amide bonds. The van der Waals surface area contributed by atoms with Crippen LogP contribution < -0.4 is 5.73 Å². The second-order valence-electron chi connectivity index (χ2n) is 3.22. The highest BCUT2D eigenvalue weighted by molar-refractivity contribution is 7.98. The van der Waals surface area contributed by atoms with E-state index < -0.39 is 0 Å². The monoisotopic (exact) mass is 206 g/mol. The molecule has 2 rings (SSSR count). The van der Waals surface area contributed by atoms with Crippen LogP contribution in [0, 0.1) is 0 Å². The molecule has 3 heteroatoms. The molecule has 14 heavy (non-hydrogen) atoms. The fourth-order valence-corrected chi connectivity index (χ4v) is 2.16. The molecule has 3 N–H and O–H groups in total. The van der Waals surface area contributed by atoms with Gasteiger partial charge < -0.3 is 10.7 Å². The molecule has 0 atom stereocenters. The molecular formula is C11H14N2S. The first-order valence-electron chi connectivity index (χ1n) is 4.74. The number of benzene rings is 1. The zero-order valence-electron chi connectivity index (χ0n) is 7.99. The number of nitrogens with one attached hydrogen (secondary N) is 1. The number of aromatic amines is 1. The van der Waals surface area contributed by atoms with Crippen LogP contribution >= 0.6 is 11.8 Å². The van der Waals surface area contributed by atoms with E-state index in [0.717, 1.165) is 18.1 Å². The van der Waals surface area contributed by atoms with Crippen LogP contribution in [-0.4, -0.2) is 17.3 Å². The SMILES string of the molecule is NCCSCc1cc2ccccc2[nH]1. The van der Waals surface area contributed by atoms with E-state index in [1.807, 2.05) is 11.8 Å². The van der Waals surface area contributed by atoms with Gasteiger partial charge in [0.1, 0.15) is 0 Å². The number of hydrogen-bond donors (Lipinski definition) is 2. The van der Waals surface area contributed by atoms with E-state index in [1.54, 1.807) is 0 Å². The van der Waals surface area contributed by atoms with Gasteiger partial charge in [-0.3, -0.25) is 0 Å². The van der Waals surface area contributed by atoms with Crippen LogP contribution in [0.1, 0.15) is 5.69 Å². The quantitative estimate of drug-likeness (QED) is 0.754. The molecule has 0 saturated carbocycles. The van der Waals surface area contributed by atoms with Crippen LogP contribution in [0.3, 0.4) is 0 Å². The number of thioether (sulfide) groups is 1. The summed E-state index contributed by atoms with van der Waals surface area (Å²) in [5, 5.41) is 1.29. The smallest absolute Gasteiger partial charge is 0.0456 e.